The van der Waals surface area contributed by atoms with Crippen molar-refractivity contribution in [1.29, 1.82) is 0 Å². The van der Waals surface area contributed by atoms with Crippen LogP contribution in [0, 0.1) is 17.6 Å². The molecular formula is C28H28F2O2. The Bertz CT molecular complexity index is 1060. The number of benzene rings is 3. The Hall–Kier alpha value is -3.01. The third-order valence-corrected chi connectivity index (χ3v) is 6.33. The van der Waals surface area contributed by atoms with E-state index in [0.29, 0.717) is 17.3 Å². The van der Waals surface area contributed by atoms with Gasteiger partial charge in [0, 0.05) is 18.4 Å². The van der Waals surface area contributed by atoms with Crippen molar-refractivity contribution in [3.63, 3.8) is 0 Å². The zero-order valence-corrected chi connectivity index (χ0v) is 18.4. The molecule has 2 nitrogen and oxygen atoms in total. The van der Waals surface area contributed by atoms with Crippen molar-refractivity contribution in [3.8, 4) is 28.0 Å². The summed E-state index contributed by atoms with van der Waals surface area (Å²) in [5, 5.41) is 0. The van der Waals surface area contributed by atoms with E-state index in [1.54, 1.807) is 13.0 Å². The summed E-state index contributed by atoms with van der Waals surface area (Å²) >= 11 is 0. The maximum absolute atomic E-state index is 14.5. The number of rotatable bonds is 7. The summed E-state index contributed by atoms with van der Waals surface area (Å²) in [6, 6.07) is 19.0. The van der Waals surface area contributed by atoms with Gasteiger partial charge in [0.25, 0.3) is 0 Å². The van der Waals surface area contributed by atoms with Crippen LogP contribution in [0.3, 0.4) is 0 Å². The second-order valence-electron chi connectivity index (χ2n) is 8.47. The van der Waals surface area contributed by atoms with E-state index in [4.69, 9.17) is 4.74 Å². The molecule has 0 N–H and O–H groups in total. The summed E-state index contributed by atoms with van der Waals surface area (Å²) in [7, 11) is 0. The van der Waals surface area contributed by atoms with Gasteiger partial charge in [-0.2, -0.15) is 4.39 Å². The molecule has 1 aliphatic rings. The van der Waals surface area contributed by atoms with Crippen LogP contribution in [-0.4, -0.2) is 12.4 Å². The maximum atomic E-state index is 14.5. The van der Waals surface area contributed by atoms with Gasteiger partial charge in [0.2, 0.25) is 5.82 Å². The molecule has 0 bridgehead atoms. The first-order valence-electron chi connectivity index (χ1n) is 11.4. The molecule has 0 radical (unpaired) electrons. The SMILES string of the molecule is CCOc1ccc(-c2ccc(-c3ccc(CCC4CCC(=O)CC4)cc3)cc2)c(F)c1F. The Morgan fingerprint density at radius 2 is 1.41 bits per heavy atom. The number of ether oxygens (including phenoxy) is 1. The Kier molecular flexibility index (Phi) is 6.99. The van der Waals surface area contributed by atoms with Crippen LogP contribution in [0.4, 0.5) is 8.78 Å². The summed E-state index contributed by atoms with van der Waals surface area (Å²) in [6.07, 6.45) is 5.70. The first-order chi connectivity index (χ1) is 15.5. The fraction of sp³-hybridized carbons (Fsp3) is 0.321. The largest absolute Gasteiger partial charge is 0.491 e. The van der Waals surface area contributed by atoms with Gasteiger partial charge in [-0.15, -0.1) is 0 Å². The third kappa shape index (κ3) is 5.07. The molecule has 3 aromatic carbocycles. The van der Waals surface area contributed by atoms with Crippen molar-refractivity contribution in [2.45, 2.75) is 45.4 Å². The topological polar surface area (TPSA) is 26.3 Å². The molecule has 1 saturated carbocycles. The lowest BCUT2D eigenvalue weighted by Gasteiger charge is -2.20. The van der Waals surface area contributed by atoms with E-state index in [2.05, 4.69) is 24.3 Å². The van der Waals surface area contributed by atoms with Crippen molar-refractivity contribution in [2.75, 3.05) is 6.61 Å². The number of ketones is 1. The summed E-state index contributed by atoms with van der Waals surface area (Å²) in [5.74, 6) is -0.846. The molecular weight excluding hydrogens is 406 g/mol. The van der Waals surface area contributed by atoms with E-state index in [-0.39, 0.29) is 17.9 Å². The van der Waals surface area contributed by atoms with Crippen molar-refractivity contribution < 1.29 is 18.3 Å². The highest BCUT2D eigenvalue weighted by Crippen LogP contribution is 2.32. The highest BCUT2D eigenvalue weighted by atomic mass is 19.2. The molecule has 3 aromatic rings. The molecule has 32 heavy (non-hydrogen) atoms. The molecule has 166 valence electrons. The number of hydrogen-bond acceptors (Lipinski definition) is 2. The summed E-state index contributed by atoms with van der Waals surface area (Å²) in [5.41, 5.74) is 4.25. The predicted molar refractivity (Wildman–Crippen MR) is 124 cm³/mol. The Morgan fingerprint density at radius 1 is 0.812 bits per heavy atom. The van der Waals surface area contributed by atoms with Crippen LogP contribution < -0.4 is 4.74 Å². The van der Waals surface area contributed by atoms with E-state index in [1.165, 1.54) is 11.6 Å². The van der Waals surface area contributed by atoms with Gasteiger partial charge in [0.1, 0.15) is 5.78 Å². The third-order valence-electron chi connectivity index (χ3n) is 6.33. The molecule has 4 rings (SSSR count). The van der Waals surface area contributed by atoms with Gasteiger partial charge >= 0.3 is 0 Å². The lowest BCUT2D eigenvalue weighted by Crippen LogP contribution is -2.14. The molecule has 0 aromatic heterocycles. The molecule has 0 unspecified atom stereocenters. The second kappa shape index (κ2) is 10.1. The van der Waals surface area contributed by atoms with Crippen molar-refractivity contribution >= 4 is 5.78 Å². The number of aryl methyl sites for hydroxylation is 1. The van der Waals surface area contributed by atoms with Gasteiger partial charge in [0.05, 0.1) is 6.61 Å². The minimum atomic E-state index is -0.955. The van der Waals surface area contributed by atoms with Gasteiger partial charge in [-0.05, 0) is 72.9 Å². The maximum Gasteiger partial charge on any atom is 0.201 e. The molecule has 0 heterocycles. The Labute approximate surface area is 188 Å². The van der Waals surface area contributed by atoms with Crippen LogP contribution in [0.2, 0.25) is 0 Å². The Morgan fingerprint density at radius 3 is 2.03 bits per heavy atom. The van der Waals surface area contributed by atoms with Crippen molar-refractivity contribution in [1.82, 2.24) is 0 Å². The molecule has 4 heteroatoms. The summed E-state index contributed by atoms with van der Waals surface area (Å²) in [6.45, 7) is 2.02. The van der Waals surface area contributed by atoms with Crippen LogP contribution in [0.15, 0.2) is 60.7 Å². The molecule has 1 fully saturated rings. The minimum absolute atomic E-state index is 0.0672. The summed E-state index contributed by atoms with van der Waals surface area (Å²) < 4.78 is 33.8. The van der Waals surface area contributed by atoms with Gasteiger partial charge in [-0.1, -0.05) is 48.5 Å². The lowest BCUT2D eigenvalue weighted by atomic mass is 9.84. The fourth-order valence-electron chi connectivity index (χ4n) is 4.39. The van der Waals surface area contributed by atoms with Gasteiger partial charge in [-0.25, -0.2) is 4.39 Å². The average molecular weight is 435 g/mol. The van der Waals surface area contributed by atoms with Crippen LogP contribution in [0.5, 0.6) is 5.75 Å². The van der Waals surface area contributed by atoms with Gasteiger partial charge in [-0.3, -0.25) is 4.79 Å². The van der Waals surface area contributed by atoms with E-state index in [0.717, 1.165) is 49.7 Å². The van der Waals surface area contributed by atoms with E-state index in [1.807, 2.05) is 24.3 Å². The molecule has 0 aliphatic heterocycles. The smallest absolute Gasteiger partial charge is 0.201 e. The van der Waals surface area contributed by atoms with Crippen LogP contribution in [-0.2, 0) is 11.2 Å². The van der Waals surface area contributed by atoms with Crippen LogP contribution in [0.25, 0.3) is 22.3 Å². The number of carbonyl (C=O) groups is 1. The number of carbonyl (C=O) groups excluding carboxylic acids is 1. The van der Waals surface area contributed by atoms with E-state index >= 15 is 0 Å². The molecule has 0 atom stereocenters. The number of Topliss-reactive ketones (excluding diaryl/α,β-unsaturated/α-hetero) is 1. The van der Waals surface area contributed by atoms with Crippen molar-refractivity contribution in [2.24, 2.45) is 5.92 Å². The van der Waals surface area contributed by atoms with E-state index in [9.17, 15) is 13.6 Å². The zero-order valence-electron chi connectivity index (χ0n) is 18.4. The first kappa shape index (κ1) is 22.2. The molecule has 0 saturated heterocycles. The summed E-state index contributed by atoms with van der Waals surface area (Å²) in [4.78, 5) is 11.4. The van der Waals surface area contributed by atoms with Crippen LogP contribution >= 0.6 is 0 Å². The minimum Gasteiger partial charge on any atom is -0.491 e. The van der Waals surface area contributed by atoms with Gasteiger partial charge in [0.15, 0.2) is 11.6 Å². The van der Waals surface area contributed by atoms with Crippen molar-refractivity contribution in [3.05, 3.63) is 77.9 Å². The highest BCUT2D eigenvalue weighted by molar-refractivity contribution is 5.79. The quantitative estimate of drug-likeness (QED) is 0.387. The molecule has 0 spiro atoms. The first-order valence-corrected chi connectivity index (χ1v) is 11.4. The number of hydrogen-bond donors (Lipinski definition) is 0. The number of halogens is 2. The van der Waals surface area contributed by atoms with E-state index < -0.39 is 11.6 Å². The van der Waals surface area contributed by atoms with Crippen LogP contribution in [0.1, 0.15) is 44.6 Å². The lowest BCUT2D eigenvalue weighted by molar-refractivity contribution is -0.121. The molecule has 0 amide bonds. The molecule has 1 aliphatic carbocycles. The second-order valence-corrected chi connectivity index (χ2v) is 8.47. The Balaban J connectivity index is 1.42. The standard InChI is InChI=1S/C28H28F2O2/c1-2-32-26-18-17-25(27(29)28(26)30)23-13-11-22(12-14-23)21-9-5-19(6-10-21)3-4-20-7-15-24(31)16-8-20/h5-6,9-14,17-18,20H,2-4,7-8,15-16H2,1H3. The predicted octanol–water partition coefficient (Wildman–Crippen LogP) is 7.39. The fourth-order valence-corrected chi connectivity index (χ4v) is 4.39. The highest BCUT2D eigenvalue weighted by Gasteiger charge is 2.18. The normalized spacial score (nSPS) is 14.5. The monoisotopic (exact) mass is 434 g/mol. The zero-order chi connectivity index (χ0) is 22.5. The average Bonchev–Trinajstić information content (AvgIpc) is 2.82. The van der Waals surface area contributed by atoms with Gasteiger partial charge < -0.3 is 4.74 Å².